The van der Waals surface area contributed by atoms with E-state index in [1.807, 2.05) is 12.1 Å². The number of morpholine rings is 1. The Kier molecular flexibility index (Phi) is 27.0. The SMILES string of the molecule is CN(CCN1CCOCC1)C(=O)c1cccc(C(=O)Nc2ccc(N3CCCCC3)cc2C(=O)Nc2nc(-c3cccc(C(F)(F)F)c3)cs2)c1.Nc1ccc(N2CCCCC2)cc1C(=O)Nc1nc(-c2cccc(C(F)(F)F)c2)cs1.O=C(Nc1nc(-c2cccc(C(F)(F)F)c2)cs1)c1cc(N2CCCCC2)ccc1[N+](=O)[O-]. The zero-order valence-electron chi connectivity index (χ0n) is 62.0. The monoisotopic (exact) mass is 1640 g/mol. The Hall–Kier alpha value is -11.3. The summed E-state index contributed by atoms with van der Waals surface area (Å²) in [6.07, 6.45) is -3.67. The fraction of sp³-hybridized carbons (Fsp3) is 0.309. The molecule has 602 valence electrons. The van der Waals surface area contributed by atoms with Crippen molar-refractivity contribution in [2.75, 3.05) is 127 Å². The van der Waals surface area contributed by atoms with E-state index in [9.17, 15) is 73.6 Å². The minimum absolute atomic E-state index is 0.0982. The summed E-state index contributed by atoms with van der Waals surface area (Å²) in [5.74, 6) is -2.36. The molecule has 0 unspecified atom stereocenters. The van der Waals surface area contributed by atoms with Crippen molar-refractivity contribution in [1.82, 2.24) is 24.8 Å². The van der Waals surface area contributed by atoms with Gasteiger partial charge in [-0.1, -0.05) is 42.5 Å². The molecule has 0 radical (unpaired) electrons. The van der Waals surface area contributed by atoms with Crippen LogP contribution in [-0.4, -0.2) is 145 Å². The first kappa shape index (κ1) is 83.1. The molecule has 6 N–H and O–H groups in total. The lowest BCUT2D eigenvalue weighted by atomic mass is 10.1. The van der Waals surface area contributed by atoms with Crippen LogP contribution in [-0.2, 0) is 23.3 Å². The fourth-order valence-electron chi connectivity index (χ4n) is 13.4. The first-order chi connectivity index (χ1) is 55.1. The number of likely N-dealkylation sites (N-methyl/N-ethyl adjacent to an activating group) is 1. The van der Waals surface area contributed by atoms with Crippen LogP contribution in [0.3, 0.4) is 0 Å². The quantitative estimate of drug-likeness (QED) is 0.0218. The van der Waals surface area contributed by atoms with Gasteiger partial charge in [-0.15, -0.1) is 34.0 Å². The summed E-state index contributed by atoms with van der Waals surface area (Å²) >= 11 is 3.25. The summed E-state index contributed by atoms with van der Waals surface area (Å²) in [6, 6.07) is 36.1. The number of hydrogen-bond donors (Lipinski definition) is 5. The molecule has 22 nitrogen and oxygen atoms in total. The van der Waals surface area contributed by atoms with E-state index in [-0.39, 0.29) is 66.8 Å². The van der Waals surface area contributed by atoms with Crippen LogP contribution in [0, 0.1) is 10.1 Å². The number of nitrogens with one attached hydrogen (secondary N) is 4. The predicted molar refractivity (Wildman–Crippen MR) is 429 cm³/mol. The van der Waals surface area contributed by atoms with Gasteiger partial charge in [0.1, 0.15) is 5.56 Å². The van der Waals surface area contributed by atoms with Crippen LogP contribution in [0.1, 0.15) is 126 Å². The Balaban J connectivity index is 0.000000167. The van der Waals surface area contributed by atoms with Crippen molar-refractivity contribution in [3.63, 3.8) is 0 Å². The number of nitrogens with zero attached hydrogens (tertiary/aromatic N) is 9. The van der Waals surface area contributed by atoms with Crippen LogP contribution < -0.4 is 41.7 Å². The molecule has 14 rings (SSSR count). The van der Waals surface area contributed by atoms with Crippen LogP contribution in [0.4, 0.5) is 89.0 Å². The Labute approximate surface area is 667 Å². The molecule has 4 fully saturated rings. The van der Waals surface area contributed by atoms with E-state index in [1.165, 1.54) is 60.3 Å². The Morgan fingerprint density at radius 3 is 1.30 bits per heavy atom. The molecule has 0 atom stereocenters. The lowest BCUT2D eigenvalue weighted by Gasteiger charge is -2.29. The second kappa shape index (κ2) is 37.3. The Morgan fingerprint density at radius 2 is 0.861 bits per heavy atom. The van der Waals surface area contributed by atoms with Crippen molar-refractivity contribution < 1.29 is 73.1 Å². The highest BCUT2D eigenvalue weighted by Crippen LogP contribution is 2.39. The zero-order valence-corrected chi connectivity index (χ0v) is 64.5. The van der Waals surface area contributed by atoms with Crippen molar-refractivity contribution in [1.29, 1.82) is 0 Å². The van der Waals surface area contributed by atoms with Crippen LogP contribution in [0.25, 0.3) is 33.8 Å². The Bertz CT molecular complexity index is 5130. The summed E-state index contributed by atoms with van der Waals surface area (Å²) in [4.78, 5) is 100. The van der Waals surface area contributed by atoms with Crippen molar-refractivity contribution in [3.8, 4) is 33.8 Å². The number of benzene rings is 7. The molecule has 0 saturated carbocycles. The minimum atomic E-state index is -4.50. The number of hydrogen-bond acceptors (Lipinski definition) is 19. The molecule has 0 bridgehead atoms. The van der Waals surface area contributed by atoms with Crippen molar-refractivity contribution in [2.45, 2.75) is 76.3 Å². The average molecular weight is 1640 g/mol. The largest absolute Gasteiger partial charge is 0.416 e. The number of nitro groups is 1. The van der Waals surface area contributed by atoms with E-state index in [4.69, 9.17) is 10.5 Å². The van der Waals surface area contributed by atoms with Gasteiger partial charge < -0.3 is 35.4 Å². The summed E-state index contributed by atoms with van der Waals surface area (Å²) in [7, 11) is 1.73. The molecular weight excluding hydrogens is 1560 g/mol. The van der Waals surface area contributed by atoms with Crippen molar-refractivity contribution in [3.05, 3.63) is 222 Å². The number of anilines is 8. The summed E-state index contributed by atoms with van der Waals surface area (Å²) < 4.78 is 123. The number of halogens is 9. The summed E-state index contributed by atoms with van der Waals surface area (Å²) in [5.41, 5.74) is 9.29. The summed E-state index contributed by atoms with van der Waals surface area (Å²) in [5, 5.41) is 27.7. The van der Waals surface area contributed by atoms with E-state index in [2.05, 4.69) is 55.8 Å². The van der Waals surface area contributed by atoms with Gasteiger partial charge >= 0.3 is 18.5 Å². The first-order valence-electron chi connectivity index (χ1n) is 37.0. The van der Waals surface area contributed by atoms with Gasteiger partial charge in [0.05, 0.1) is 68.7 Å². The molecule has 34 heteroatoms. The fourth-order valence-corrected chi connectivity index (χ4v) is 15.5. The van der Waals surface area contributed by atoms with Crippen LogP contribution >= 0.6 is 34.0 Å². The summed E-state index contributed by atoms with van der Waals surface area (Å²) in [6.45, 7) is 9.41. The van der Waals surface area contributed by atoms with Gasteiger partial charge in [0.2, 0.25) is 0 Å². The number of thiazole rings is 3. The van der Waals surface area contributed by atoms with Gasteiger partial charge in [-0.3, -0.25) is 54.9 Å². The second-order valence-electron chi connectivity index (χ2n) is 27.5. The second-order valence-corrected chi connectivity index (χ2v) is 30.1. The highest BCUT2D eigenvalue weighted by atomic mass is 32.1. The third-order valence-corrected chi connectivity index (χ3v) is 21.8. The standard InChI is InChI=1S/C37H39F3N6O4S.C22H19F3N4O3S.C22H21F3N4OS/c1-44(15-16-45-17-19-50-20-18-45)35(49)27-9-5-8-26(21-27)33(47)41-31-12-11-29(46-13-3-2-4-14-46)23-30(31)34(48)43-36-42-32(24-51-36)25-7-6-10-28(22-25)37(38,39)40;23-22(24,25)15-6-4-5-14(11-15)18-13-33-21(26-18)27-20(30)17-12-16(7-8-19(17)29(31)32)28-9-2-1-3-10-28;23-22(24,25)15-6-4-5-14(11-15)19-13-31-21(27-19)28-20(30)17-12-16(7-8-18(17)26)29-9-2-1-3-10-29/h5-12,21-24H,2-4,13-20H2,1H3,(H,41,47)(H,42,43,48);4-8,11-13H,1-3,9-10H2,(H,26,27,30);4-8,11-13H,1-3,9-10,26H2,(H,27,28,30). The normalized spacial score (nSPS) is 14.8. The smallest absolute Gasteiger partial charge is 0.398 e. The number of alkyl halides is 9. The van der Waals surface area contributed by atoms with Crippen LogP contribution in [0.5, 0.6) is 0 Å². The maximum atomic E-state index is 13.8. The van der Waals surface area contributed by atoms with Crippen molar-refractivity contribution >= 4 is 113 Å². The lowest BCUT2D eigenvalue weighted by molar-refractivity contribution is -0.385. The number of nitro benzene ring substituents is 1. The van der Waals surface area contributed by atoms with Gasteiger partial charge in [-0.2, -0.15) is 39.5 Å². The van der Waals surface area contributed by atoms with E-state index >= 15 is 0 Å². The molecule has 3 aromatic heterocycles. The van der Waals surface area contributed by atoms with E-state index in [1.54, 1.807) is 77.3 Å². The molecule has 4 saturated heterocycles. The third kappa shape index (κ3) is 22.0. The number of carbonyl (C=O) groups is 5. The number of nitrogens with two attached hydrogens (primary N) is 1. The zero-order chi connectivity index (χ0) is 81.6. The molecule has 5 amide bonds. The highest BCUT2D eigenvalue weighted by molar-refractivity contribution is 7.14. The van der Waals surface area contributed by atoms with Gasteiger partial charge in [-0.05, 0) is 161 Å². The number of rotatable bonds is 19. The first-order valence-corrected chi connectivity index (χ1v) is 39.6. The van der Waals surface area contributed by atoms with Gasteiger partial charge in [0, 0.05) is 145 Å². The van der Waals surface area contributed by atoms with Gasteiger partial charge in [0.25, 0.3) is 35.2 Å². The lowest BCUT2D eigenvalue weighted by Crippen LogP contribution is -2.41. The molecule has 0 spiro atoms. The topological polar surface area (TPSA) is 267 Å². The Morgan fingerprint density at radius 1 is 0.470 bits per heavy atom. The number of nitrogen functional groups attached to an aromatic ring is 1. The highest BCUT2D eigenvalue weighted by Gasteiger charge is 2.34. The molecule has 4 aliphatic rings. The number of amides is 5. The number of piperidine rings is 3. The molecule has 7 aromatic carbocycles. The van der Waals surface area contributed by atoms with E-state index < -0.39 is 63.8 Å². The molecule has 115 heavy (non-hydrogen) atoms. The number of aromatic nitrogens is 3. The number of ether oxygens (including phenoxy) is 1. The molecule has 10 aromatic rings. The minimum Gasteiger partial charge on any atom is -0.398 e. The van der Waals surface area contributed by atoms with Gasteiger partial charge in [0.15, 0.2) is 15.4 Å². The van der Waals surface area contributed by atoms with Crippen LogP contribution in [0.2, 0.25) is 0 Å². The third-order valence-electron chi connectivity index (χ3n) is 19.6. The predicted octanol–water partition coefficient (Wildman–Crippen LogP) is 18.4. The van der Waals surface area contributed by atoms with Gasteiger partial charge in [-0.25, -0.2) is 15.0 Å². The van der Waals surface area contributed by atoms with Crippen LogP contribution in [0.15, 0.2) is 168 Å². The molecule has 7 heterocycles. The van der Waals surface area contributed by atoms with E-state index in [0.717, 1.165) is 198 Å². The molecule has 4 aliphatic heterocycles. The van der Waals surface area contributed by atoms with E-state index in [0.29, 0.717) is 53.0 Å². The van der Waals surface area contributed by atoms with Crippen molar-refractivity contribution in [2.24, 2.45) is 0 Å². The number of carbonyl (C=O) groups excluding carboxylic acids is 5. The molecule has 0 aliphatic carbocycles. The maximum absolute atomic E-state index is 13.8. The average Bonchev–Trinajstić information content (AvgIpc) is 1.78. The maximum Gasteiger partial charge on any atom is 0.416 e. The molecular formula is C81H79F9N14O8S3.